The summed E-state index contributed by atoms with van der Waals surface area (Å²) in [6, 6.07) is 11.2. The summed E-state index contributed by atoms with van der Waals surface area (Å²) in [6.45, 7) is 4.34. The van der Waals surface area contributed by atoms with Crippen LogP contribution in [0.3, 0.4) is 0 Å². The van der Waals surface area contributed by atoms with E-state index >= 15 is 0 Å². The quantitative estimate of drug-likeness (QED) is 0.381. The Labute approximate surface area is 149 Å². The third-order valence-electron chi connectivity index (χ3n) is 3.61. The van der Waals surface area contributed by atoms with Gasteiger partial charge in [-0.05, 0) is 24.3 Å². The van der Waals surface area contributed by atoms with E-state index in [0.717, 1.165) is 11.3 Å². The van der Waals surface area contributed by atoms with Gasteiger partial charge in [-0.15, -0.1) is 16.8 Å². The Morgan fingerprint density at radius 3 is 2.88 bits per heavy atom. The van der Waals surface area contributed by atoms with Crippen LogP contribution in [-0.4, -0.2) is 38.4 Å². The van der Waals surface area contributed by atoms with Crippen LogP contribution < -0.4 is 4.74 Å². The van der Waals surface area contributed by atoms with Crippen molar-refractivity contribution >= 4 is 17.5 Å². The standard InChI is InChI=1S/C18H18N4O2S/c1-3-11-22-17(13-7-4-5-9-16(13)24-2)20-21-18(22)25-12-15(23)14-8-6-10-19-14/h3-10,19H,1,11-12H2,2H3. The molecule has 0 aliphatic rings. The van der Waals surface area contributed by atoms with E-state index in [9.17, 15) is 4.79 Å². The van der Waals surface area contributed by atoms with Gasteiger partial charge in [0, 0.05) is 12.7 Å². The molecule has 0 saturated carbocycles. The number of carbonyl (C=O) groups is 1. The number of carbonyl (C=O) groups excluding carboxylic acids is 1. The number of hydrogen-bond acceptors (Lipinski definition) is 5. The van der Waals surface area contributed by atoms with E-state index < -0.39 is 0 Å². The Hall–Kier alpha value is -2.80. The monoisotopic (exact) mass is 354 g/mol. The highest BCUT2D eigenvalue weighted by molar-refractivity contribution is 7.99. The fourth-order valence-corrected chi connectivity index (χ4v) is 3.26. The minimum absolute atomic E-state index is 0.0157. The van der Waals surface area contributed by atoms with E-state index in [1.165, 1.54) is 11.8 Å². The first kappa shape index (κ1) is 17.0. The van der Waals surface area contributed by atoms with Crippen molar-refractivity contribution in [2.45, 2.75) is 11.7 Å². The number of aromatic nitrogens is 4. The maximum atomic E-state index is 12.2. The van der Waals surface area contributed by atoms with Crippen LogP contribution in [0.4, 0.5) is 0 Å². The molecule has 0 fully saturated rings. The number of nitrogens with one attached hydrogen (secondary N) is 1. The molecule has 2 aromatic heterocycles. The van der Waals surface area contributed by atoms with Gasteiger partial charge in [0.05, 0.1) is 24.1 Å². The molecule has 1 aromatic carbocycles. The van der Waals surface area contributed by atoms with Gasteiger partial charge in [0.15, 0.2) is 16.8 Å². The lowest BCUT2D eigenvalue weighted by molar-refractivity contribution is 0.101. The van der Waals surface area contributed by atoms with Crippen LogP contribution in [0.1, 0.15) is 10.5 Å². The number of allylic oxidation sites excluding steroid dienone is 1. The van der Waals surface area contributed by atoms with Gasteiger partial charge >= 0.3 is 0 Å². The topological polar surface area (TPSA) is 72.8 Å². The number of nitrogens with zero attached hydrogens (tertiary/aromatic N) is 3. The Kier molecular flexibility index (Phi) is 5.35. The number of methoxy groups -OCH3 is 1. The Balaban J connectivity index is 1.87. The summed E-state index contributed by atoms with van der Waals surface area (Å²) in [4.78, 5) is 15.1. The van der Waals surface area contributed by atoms with Gasteiger partial charge in [0.2, 0.25) is 0 Å². The summed E-state index contributed by atoms with van der Waals surface area (Å²) in [5.41, 5.74) is 1.44. The van der Waals surface area contributed by atoms with Gasteiger partial charge in [-0.3, -0.25) is 9.36 Å². The number of ether oxygens (including phenoxy) is 1. The fourth-order valence-electron chi connectivity index (χ4n) is 2.43. The molecule has 128 valence electrons. The fraction of sp³-hybridized carbons (Fsp3) is 0.167. The highest BCUT2D eigenvalue weighted by Crippen LogP contribution is 2.31. The van der Waals surface area contributed by atoms with Gasteiger partial charge in [-0.25, -0.2) is 0 Å². The van der Waals surface area contributed by atoms with E-state index in [4.69, 9.17) is 4.74 Å². The number of ketones is 1. The van der Waals surface area contributed by atoms with Crippen molar-refractivity contribution in [1.82, 2.24) is 19.7 Å². The molecular formula is C18H18N4O2S. The molecule has 0 unspecified atom stereocenters. The van der Waals surface area contributed by atoms with Gasteiger partial charge in [0.25, 0.3) is 0 Å². The first-order chi connectivity index (χ1) is 12.2. The maximum absolute atomic E-state index is 12.2. The Morgan fingerprint density at radius 1 is 1.32 bits per heavy atom. The number of hydrogen-bond donors (Lipinski definition) is 1. The summed E-state index contributed by atoms with van der Waals surface area (Å²) < 4.78 is 7.35. The largest absolute Gasteiger partial charge is 0.496 e. The second kappa shape index (κ2) is 7.85. The van der Waals surface area contributed by atoms with Crippen molar-refractivity contribution in [3.05, 3.63) is 60.9 Å². The predicted molar refractivity (Wildman–Crippen MR) is 98.1 cm³/mol. The lowest BCUT2D eigenvalue weighted by Gasteiger charge is -2.10. The number of aromatic amines is 1. The van der Waals surface area contributed by atoms with E-state index in [-0.39, 0.29) is 11.5 Å². The van der Waals surface area contributed by atoms with Crippen LogP contribution in [0.5, 0.6) is 5.75 Å². The summed E-state index contributed by atoms with van der Waals surface area (Å²) >= 11 is 1.35. The lowest BCUT2D eigenvalue weighted by atomic mass is 10.2. The second-order valence-electron chi connectivity index (χ2n) is 5.20. The van der Waals surface area contributed by atoms with Crippen LogP contribution >= 0.6 is 11.8 Å². The highest BCUT2D eigenvalue weighted by Gasteiger charge is 2.18. The molecule has 0 bridgehead atoms. The zero-order chi connectivity index (χ0) is 17.6. The molecule has 7 heteroatoms. The van der Waals surface area contributed by atoms with E-state index in [0.29, 0.717) is 23.2 Å². The highest BCUT2D eigenvalue weighted by atomic mass is 32.2. The van der Waals surface area contributed by atoms with Gasteiger partial charge in [-0.1, -0.05) is 30.0 Å². The summed E-state index contributed by atoms with van der Waals surface area (Å²) in [5.74, 6) is 1.70. The van der Waals surface area contributed by atoms with Crippen molar-refractivity contribution in [3.8, 4) is 17.1 Å². The predicted octanol–water partition coefficient (Wildman–Crippen LogP) is 3.44. The Bertz CT molecular complexity index is 871. The van der Waals surface area contributed by atoms with E-state index in [1.54, 1.807) is 31.5 Å². The lowest BCUT2D eigenvalue weighted by Crippen LogP contribution is -2.06. The number of benzene rings is 1. The maximum Gasteiger partial charge on any atom is 0.192 e. The molecular weight excluding hydrogens is 336 g/mol. The number of thioether (sulfide) groups is 1. The van der Waals surface area contributed by atoms with Crippen LogP contribution in [0, 0.1) is 0 Å². The molecule has 3 rings (SSSR count). The van der Waals surface area contributed by atoms with Crippen molar-refractivity contribution in [2.24, 2.45) is 0 Å². The summed E-state index contributed by atoms with van der Waals surface area (Å²) in [5, 5.41) is 9.22. The third-order valence-corrected chi connectivity index (χ3v) is 4.57. The van der Waals surface area contributed by atoms with Crippen LogP contribution in [0.25, 0.3) is 11.4 Å². The number of para-hydroxylation sites is 1. The van der Waals surface area contributed by atoms with E-state index in [1.807, 2.05) is 28.8 Å². The number of rotatable bonds is 8. The third kappa shape index (κ3) is 3.66. The minimum Gasteiger partial charge on any atom is -0.496 e. The average molecular weight is 354 g/mol. The van der Waals surface area contributed by atoms with E-state index in [2.05, 4.69) is 21.8 Å². The summed E-state index contributed by atoms with van der Waals surface area (Å²) in [7, 11) is 1.62. The molecule has 2 heterocycles. The minimum atomic E-state index is 0.0157. The second-order valence-corrected chi connectivity index (χ2v) is 6.14. The van der Waals surface area contributed by atoms with Crippen LogP contribution in [0.15, 0.2) is 60.4 Å². The molecule has 3 aromatic rings. The van der Waals surface area contributed by atoms with Crippen molar-refractivity contribution < 1.29 is 9.53 Å². The van der Waals surface area contributed by atoms with Crippen molar-refractivity contribution in [3.63, 3.8) is 0 Å². The van der Waals surface area contributed by atoms with Crippen LogP contribution in [-0.2, 0) is 6.54 Å². The molecule has 0 aliphatic carbocycles. The zero-order valence-electron chi connectivity index (χ0n) is 13.8. The number of Topliss-reactive ketones (excluding diaryl/α,β-unsaturated/α-hetero) is 1. The SMILES string of the molecule is C=CCn1c(SCC(=O)c2ccc[nH]2)nnc1-c1ccccc1OC. The zero-order valence-corrected chi connectivity index (χ0v) is 14.6. The molecule has 0 radical (unpaired) electrons. The Morgan fingerprint density at radius 2 is 2.16 bits per heavy atom. The smallest absolute Gasteiger partial charge is 0.192 e. The number of H-pyrrole nitrogens is 1. The van der Waals surface area contributed by atoms with Gasteiger partial charge < -0.3 is 9.72 Å². The molecule has 0 saturated heterocycles. The molecule has 25 heavy (non-hydrogen) atoms. The molecule has 0 spiro atoms. The molecule has 0 amide bonds. The van der Waals surface area contributed by atoms with Crippen molar-refractivity contribution in [2.75, 3.05) is 12.9 Å². The van der Waals surface area contributed by atoms with Crippen LogP contribution in [0.2, 0.25) is 0 Å². The molecule has 1 N–H and O–H groups in total. The first-order valence-electron chi connectivity index (χ1n) is 7.71. The average Bonchev–Trinajstić information content (AvgIpc) is 3.30. The molecule has 0 atom stereocenters. The van der Waals surface area contributed by atoms with Gasteiger partial charge in [-0.2, -0.15) is 0 Å². The van der Waals surface area contributed by atoms with Gasteiger partial charge in [0.1, 0.15) is 5.75 Å². The molecule has 6 nitrogen and oxygen atoms in total. The van der Waals surface area contributed by atoms with Crippen molar-refractivity contribution in [1.29, 1.82) is 0 Å². The first-order valence-corrected chi connectivity index (χ1v) is 8.70. The summed E-state index contributed by atoms with van der Waals surface area (Å²) in [6.07, 6.45) is 3.51. The normalized spacial score (nSPS) is 10.6. The molecule has 0 aliphatic heterocycles.